The summed E-state index contributed by atoms with van der Waals surface area (Å²) in [5, 5.41) is 0. The lowest BCUT2D eigenvalue weighted by atomic mass is 10.2. The molecule has 3 aromatic rings. The van der Waals surface area contributed by atoms with Crippen LogP contribution in [0.5, 0.6) is 0 Å². The first kappa shape index (κ1) is 18.8. The third kappa shape index (κ3) is 5.01. The fraction of sp³-hybridized carbons (Fsp3) is 0.368. The van der Waals surface area contributed by atoms with Gasteiger partial charge < -0.3 is 19.8 Å². The molecule has 27 heavy (non-hydrogen) atoms. The first-order valence-electron chi connectivity index (χ1n) is 8.88. The van der Waals surface area contributed by atoms with Gasteiger partial charge in [-0.05, 0) is 25.3 Å². The Balaban J connectivity index is 1.36. The monoisotopic (exact) mass is 369 g/mol. The summed E-state index contributed by atoms with van der Waals surface area (Å²) in [7, 11) is 0. The van der Waals surface area contributed by atoms with Crippen LogP contribution in [-0.2, 0) is 27.2 Å². The van der Waals surface area contributed by atoms with Crippen LogP contribution in [0.25, 0.3) is 11.2 Å². The molecule has 0 radical (unpaired) electrons. The molecule has 8 heteroatoms. The Labute approximate surface area is 157 Å². The molecular weight excluding hydrogens is 346 g/mol. The van der Waals surface area contributed by atoms with Gasteiger partial charge in [0.2, 0.25) is 0 Å². The van der Waals surface area contributed by atoms with Crippen LogP contribution in [-0.4, -0.2) is 44.8 Å². The van der Waals surface area contributed by atoms with Crippen LogP contribution in [0, 0.1) is 0 Å². The van der Waals surface area contributed by atoms with Crippen molar-refractivity contribution in [3.63, 3.8) is 0 Å². The predicted octanol–water partition coefficient (Wildman–Crippen LogP) is 1.99. The number of hydrogen-bond acceptors (Lipinski definition) is 7. The topological polar surface area (TPSA) is 105 Å². The smallest absolute Gasteiger partial charge is 0.334 e. The van der Waals surface area contributed by atoms with E-state index in [-0.39, 0.29) is 5.97 Å². The van der Waals surface area contributed by atoms with E-state index < -0.39 is 6.10 Å². The number of carbonyl (C=O) groups is 1. The lowest BCUT2D eigenvalue weighted by molar-refractivity contribution is -0.156. The van der Waals surface area contributed by atoms with Gasteiger partial charge >= 0.3 is 5.97 Å². The molecule has 8 nitrogen and oxygen atoms in total. The number of aromatic nitrogens is 4. The van der Waals surface area contributed by atoms with Gasteiger partial charge in [0.15, 0.2) is 17.6 Å². The molecule has 1 aromatic carbocycles. The second-order valence-corrected chi connectivity index (χ2v) is 6.14. The Hall–Kier alpha value is -3.00. The molecule has 0 aliphatic heterocycles. The zero-order chi connectivity index (χ0) is 19.1. The lowest BCUT2D eigenvalue weighted by Crippen LogP contribution is -2.25. The van der Waals surface area contributed by atoms with Crippen molar-refractivity contribution in [1.29, 1.82) is 0 Å². The summed E-state index contributed by atoms with van der Waals surface area (Å²) in [4.78, 5) is 24.3. The first-order valence-corrected chi connectivity index (χ1v) is 8.88. The van der Waals surface area contributed by atoms with Crippen molar-refractivity contribution in [1.82, 2.24) is 19.5 Å². The maximum Gasteiger partial charge on any atom is 0.334 e. The van der Waals surface area contributed by atoms with Crippen LogP contribution in [0.1, 0.15) is 18.9 Å². The lowest BCUT2D eigenvalue weighted by Gasteiger charge is -2.13. The average molecular weight is 369 g/mol. The number of ether oxygens (including phenoxy) is 2. The van der Waals surface area contributed by atoms with Gasteiger partial charge in [0.05, 0.1) is 19.5 Å². The fourth-order valence-corrected chi connectivity index (χ4v) is 2.65. The van der Waals surface area contributed by atoms with E-state index in [1.165, 1.54) is 11.9 Å². The van der Waals surface area contributed by atoms with Gasteiger partial charge in [-0.25, -0.2) is 19.7 Å². The number of aryl methyl sites for hydroxylation is 1. The van der Waals surface area contributed by atoms with Crippen molar-refractivity contribution in [2.45, 2.75) is 32.4 Å². The summed E-state index contributed by atoms with van der Waals surface area (Å²) in [5.41, 5.74) is 8.19. The minimum absolute atomic E-state index is 0.297. The number of nitrogen functional groups attached to an aromatic ring is 1. The minimum Gasteiger partial charge on any atom is -0.464 e. The fourth-order valence-electron chi connectivity index (χ4n) is 2.65. The normalized spacial score (nSPS) is 12.2. The molecule has 0 aliphatic rings. The molecule has 0 aliphatic carbocycles. The van der Waals surface area contributed by atoms with Crippen molar-refractivity contribution in [3.05, 3.63) is 48.5 Å². The van der Waals surface area contributed by atoms with Crippen LogP contribution in [0.2, 0.25) is 0 Å². The van der Waals surface area contributed by atoms with E-state index in [2.05, 4.69) is 15.0 Å². The van der Waals surface area contributed by atoms with E-state index in [0.29, 0.717) is 43.2 Å². The van der Waals surface area contributed by atoms with E-state index >= 15 is 0 Å². The molecule has 0 bridgehead atoms. The van der Waals surface area contributed by atoms with Gasteiger partial charge in [-0.3, -0.25) is 0 Å². The highest BCUT2D eigenvalue weighted by molar-refractivity contribution is 5.81. The molecule has 2 heterocycles. The molecule has 2 aromatic heterocycles. The van der Waals surface area contributed by atoms with Gasteiger partial charge in [0.25, 0.3) is 0 Å². The minimum atomic E-state index is -0.588. The second kappa shape index (κ2) is 9.09. The Kier molecular flexibility index (Phi) is 6.32. The van der Waals surface area contributed by atoms with Gasteiger partial charge in [-0.2, -0.15) is 0 Å². The molecule has 1 unspecified atom stereocenters. The molecule has 2 N–H and O–H groups in total. The number of nitrogens with two attached hydrogens (primary N) is 1. The Morgan fingerprint density at radius 1 is 1.19 bits per heavy atom. The summed E-state index contributed by atoms with van der Waals surface area (Å²) >= 11 is 0. The number of nitrogens with zero attached hydrogens (tertiary/aromatic N) is 4. The average Bonchev–Trinajstić information content (AvgIpc) is 3.10. The number of carbonyl (C=O) groups excluding carboxylic acids is 1. The molecule has 142 valence electrons. The molecule has 0 saturated heterocycles. The largest absolute Gasteiger partial charge is 0.464 e. The van der Waals surface area contributed by atoms with Crippen LogP contribution in [0.15, 0.2) is 43.0 Å². The zero-order valence-electron chi connectivity index (χ0n) is 15.2. The number of rotatable bonds is 9. The van der Waals surface area contributed by atoms with E-state index in [0.717, 1.165) is 6.42 Å². The Morgan fingerprint density at radius 2 is 2.00 bits per heavy atom. The van der Waals surface area contributed by atoms with Crippen LogP contribution in [0.3, 0.4) is 0 Å². The van der Waals surface area contributed by atoms with E-state index in [4.69, 9.17) is 15.2 Å². The van der Waals surface area contributed by atoms with E-state index in [9.17, 15) is 4.79 Å². The van der Waals surface area contributed by atoms with Crippen molar-refractivity contribution in [2.24, 2.45) is 0 Å². The number of imidazole rings is 1. The predicted molar refractivity (Wildman–Crippen MR) is 101 cm³/mol. The summed E-state index contributed by atoms with van der Waals surface area (Å²) in [6.45, 7) is 3.09. The van der Waals surface area contributed by atoms with Crippen LogP contribution < -0.4 is 5.73 Å². The molecule has 0 saturated carbocycles. The third-order valence-electron chi connectivity index (χ3n) is 4.15. The first-order chi connectivity index (χ1) is 13.1. The molecular formula is C19H23N5O3. The molecule has 1 atom stereocenters. The van der Waals surface area contributed by atoms with Gasteiger partial charge in [-0.15, -0.1) is 0 Å². The molecule has 3 rings (SSSR count). The maximum absolute atomic E-state index is 12.0. The summed E-state index contributed by atoms with van der Waals surface area (Å²) < 4.78 is 12.7. The zero-order valence-corrected chi connectivity index (χ0v) is 15.2. The number of esters is 1. The van der Waals surface area contributed by atoms with E-state index in [1.54, 1.807) is 13.3 Å². The molecule has 0 amide bonds. The summed E-state index contributed by atoms with van der Waals surface area (Å²) in [5.74, 6) is -0.00299. The second-order valence-electron chi connectivity index (χ2n) is 6.14. The SMILES string of the molecule is CC(OCCc1ccccc1)C(=O)OCCCn1cnc2c(N)ncnc21. The molecule has 0 spiro atoms. The number of anilines is 1. The van der Waals surface area contributed by atoms with Crippen molar-refractivity contribution >= 4 is 23.0 Å². The quantitative estimate of drug-likeness (QED) is 0.454. The van der Waals surface area contributed by atoms with Crippen LogP contribution >= 0.6 is 0 Å². The Morgan fingerprint density at radius 3 is 2.81 bits per heavy atom. The van der Waals surface area contributed by atoms with Crippen molar-refractivity contribution < 1.29 is 14.3 Å². The molecule has 0 fully saturated rings. The summed E-state index contributed by atoms with van der Waals surface area (Å²) in [6, 6.07) is 10.0. The maximum atomic E-state index is 12.0. The number of hydrogen-bond donors (Lipinski definition) is 1. The standard InChI is InChI=1S/C19H23N5O3/c1-14(26-11-8-15-6-3-2-4-7-15)19(25)27-10-5-9-24-13-23-16-17(20)21-12-22-18(16)24/h2-4,6-7,12-14H,5,8-11H2,1H3,(H2,20,21,22). The van der Waals surface area contributed by atoms with Crippen LogP contribution in [0.4, 0.5) is 5.82 Å². The number of fused-ring (bicyclic) bond motifs is 1. The highest BCUT2D eigenvalue weighted by Gasteiger charge is 2.15. The van der Waals surface area contributed by atoms with Crippen molar-refractivity contribution in [3.8, 4) is 0 Å². The summed E-state index contributed by atoms with van der Waals surface area (Å²) in [6.07, 6.45) is 3.88. The highest BCUT2D eigenvalue weighted by atomic mass is 16.6. The Bertz CT molecular complexity index is 881. The highest BCUT2D eigenvalue weighted by Crippen LogP contribution is 2.14. The van der Waals surface area contributed by atoms with Gasteiger partial charge in [0, 0.05) is 6.54 Å². The van der Waals surface area contributed by atoms with E-state index in [1.807, 2.05) is 34.9 Å². The third-order valence-corrected chi connectivity index (χ3v) is 4.15. The van der Waals surface area contributed by atoms with Gasteiger partial charge in [0.1, 0.15) is 11.8 Å². The van der Waals surface area contributed by atoms with Crippen molar-refractivity contribution in [2.75, 3.05) is 18.9 Å². The number of benzene rings is 1. The van der Waals surface area contributed by atoms with Gasteiger partial charge in [-0.1, -0.05) is 30.3 Å².